The van der Waals surface area contributed by atoms with Gasteiger partial charge in [0.1, 0.15) is 0 Å². The Hall–Kier alpha value is -1.36. The molecule has 17 heavy (non-hydrogen) atoms. The summed E-state index contributed by atoms with van der Waals surface area (Å²) in [4.78, 5) is 21.7. The van der Waals surface area contributed by atoms with Gasteiger partial charge in [0, 0.05) is 13.0 Å². The van der Waals surface area contributed by atoms with Crippen LogP contribution >= 0.6 is 0 Å². The third-order valence-electron chi connectivity index (χ3n) is 2.72. The summed E-state index contributed by atoms with van der Waals surface area (Å²) >= 11 is 0. The summed E-state index contributed by atoms with van der Waals surface area (Å²) in [7, 11) is 0. The molecule has 0 aromatic rings. The average Bonchev–Trinajstić information content (AvgIpc) is 2.14. The van der Waals surface area contributed by atoms with Gasteiger partial charge in [0.2, 0.25) is 5.91 Å². The maximum atomic E-state index is 11.0. The lowest BCUT2D eigenvalue weighted by Crippen LogP contribution is -2.45. The van der Waals surface area contributed by atoms with Crippen molar-refractivity contribution in [3.8, 4) is 0 Å². The average molecular weight is 241 g/mol. The van der Waals surface area contributed by atoms with Crippen molar-refractivity contribution in [3.63, 3.8) is 0 Å². The molecule has 1 amide bonds. The Kier molecular flexibility index (Phi) is 5.15. The molecule has 1 rings (SSSR count). The van der Waals surface area contributed by atoms with Crippen LogP contribution in [0, 0.1) is 0 Å². The fourth-order valence-electron chi connectivity index (χ4n) is 2.18. The summed E-state index contributed by atoms with van der Waals surface area (Å²) in [6, 6.07) is -0.00412. The first-order valence-electron chi connectivity index (χ1n) is 5.76. The minimum Gasteiger partial charge on any atom is -0.481 e. The van der Waals surface area contributed by atoms with E-state index in [1.54, 1.807) is 6.08 Å². The van der Waals surface area contributed by atoms with Crippen molar-refractivity contribution < 1.29 is 19.4 Å². The standard InChI is InChI=1S/C12H19NO4/c1-3-4-10-5-9(13-8(2)14)6-11(17-10)7-12(15)16/h3,9-11H,1,4-7H2,2H3,(H,13,14)(H,15,16)/t9-,10-,11-/m1/s1. The van der Waals surface area contributed by atoms with Gasteiger partial charge in [-0.15, -0.1) is 6.58 Å². The van der Waals surface area contributed by atoms with Crippen molar-refractivity contribution in [2.45, 2.75) is 50.9 Å². The van der Waals surface area contributed by atoms with Crippen molar-refractivity contribution in [1.82, 2.24) is 5.32 Å². The van der Waals surface area contributed by atoms with E-state index in [1.165, 1.54) is 6.92 Å². The van der Waals surface area contributed by atoms with E-state index < -0.39 is 5.97 Å². The fourth-order valence-corrected chi connectivity index (χ4v) is 2.18. The van der Waals surface area contributed by atoms with Crippen molar-refractivity contribution in [2.75, 3.05) is 0 Å². The van der Waals surface area contributed by atoms with E-state index in [4.69, 9.17) is 9.84 Å². The highest BCUT2D eigenvalue weighted by molar-refractivity contribution is 5.73. The zero-order chi connectivity index (χ0) is 12.8. The summed E-state index contributed by atoms with van der Waals surface area (Å²) in [5.41, 5.74) is 0. The van der Waals surface area contributed by atoms with Gasteiger partial charge in [-0.05, 0) is 19.3 Å². The highest BCUT2D eigenvalue weighted by Gasteiger charge is 2.30. The first-order valence-corrected chi connectivity index (χ1v) is 5.76. The Morgan fingerprint density at radius 3 is 2.65 bits per heavy atom. The molecule has 2 N–H and O–H groups in total. The van der Waals surface area contributed by atoms with E-state index in [0.29, 0.717) is 19.3 Å². The van der Waals surface area contributed by atoms with Gasteiger partial charge in [0.05, 0.1) is 18.6 Å². The molecular weight excluding hydrogens is 222 g/mol. The van der Waals surface area contributed by atoms with E-state index in [1.807, 2.05) is 0 Å². The first-order chi connectivity index (χ1) is 8.01. The van der Waals surface area contributed by atoms with Gasteiger partial charge < -0.3 is 15.2 Å². The number of amides is 1. The van der Waals surface area contributed by atoms with Crippen LogP contribution in [0.1, 0.15) is 32.6 Å². The molecule has 5 nitrogen and oxygen atoms in total. The molecule has 0 unspecified atom stereocenters. The molecule has 0 bridgehead atoms. The van der Waals surface area contributed by atoms with E-state index in [9.17, 15) is 9.59 Å². The molecule has 1 aliphatic heterocycles. The van der Waals surface area contributed by atoms with Crippen LogP contribution in [-0.4, -0.2) is 35.2 Å². The molecule has 96 valence electrons. The van der Waals surface area contributed by atoms with Gasteiger partial charge in [0.25, 0.3) is 0 Å². The molecule has 0 saturated carbocycles. The molecule has 1 heterocycles. The molecule has 0 aromatic heterocycles. The third kappa shape index (κ3) is 4.99. The number of ether oxygens (including phenoxy) is 1. The predicted octanol–water partition coefficient (Wildman–Crippen LogP) is 1.09. The predicted molar refractivity (Wildman–Crippen MR) is 62.6 cm³/mol. The lowest BCUT2D eigenvalue weighted by atomic mass is 9.95. The summed E-state index contributed by atoms with van der Waals surface area (Å²) < 4.78 is 5.65. The Labute approximate surface area is 101 Å². The van der Waals surface area contributed by atoms with Crippen LogP contribution in [0.15, 0.2) is 12.7 Å². The molecule has 0 radical (unpaired) electrons. The second-order valence-electron chi connectivity index (χ2n) is 4.37. The number of hydrogen-bond donors (Lipinski definition) is 2. The number of carbonyl (C=O) groups excluding carboxylic acids is 1. The fraction of sp³-hybridized carbons (Fsp3) is 0.667. The minimum absolute atomic E-state index is 0.00412. The third-order valence-corrected chi connectivity index (χ3v) is 2.72. The van der Waals surface area contributed by atoms with Crippen LogP contribution in [-0.2, 0) is 14.3 Å². The molecule has 1 fully saturated rings. The monoisotopic (exact) mass is 241 g/mol. The number of hydrogen-bond acceptors (Lipinski definition) is 3. The number of nitrogens with one attached hydrogen (secondary N) is 1. The summed E-state index contributed by atoms with van der Waals surface area (Å²) in [5.74, 6) is -0.973. The Morgan fingerprint density at radius 1 is 1.47 bits per heavy atom. The largest absolute Gasteiger partial charge is 0.481 e. The number of aliphatic carboxylic acids is 1. The van der Waals surface area contributed by atoms with Crippen LogP contribution in [0.2, 0.25) is 0 Å². The van der Waals surface area contributed by atoms with Gasteiger partial charge in [-0.1, -0.05) is 6.08 Å². The van der Waals surface area contributed by atoms with Crippen molar-refractivity contribution >= 4 is 11.9 Å². The van der Waals surface area contributed by atoms with Crippen LogP contribution in [0.3, 0.4) is 0 Å². The summed E-state index contributed by atoms with van der Waals surface area (Å²) in [6.45, 7) is 5.11. The number of rotatable bonds is 5. The van der Waals surface area contributed by atoms with E-state index in [-0.39, 0.29) is 30.6 Å². The van der Waals surface area contributed by atoms with Crippen molar-refractivity contribution in [1.29, 1.82) is 0 Å². The Balaban J connectivity index is 2.58. The molecule has 1 aliphatic rings. The Bertz CT molecular complexity index is 279. The summed E-state index contributed by atoms with van der Waals surface area (Å²) in [6.07, 6.45) is 3.28. The molecule has 0 spiro atoms. The van der Waals surface area contributed by atoms with Gasteiger partial charge in [0.15, 0.2) is 0 Å². The first kappa shape index (κ1) is 13.7. The second-order valence-corrected chi connectivity index (χ2v) is 4.37. The Morgan fingerprint density at radius 2 is 2.12 bits per heavy atom. The number of carbonyl (C=O) groups is 2. The maximum Gasteiger partial charge on any atom is 0.305 e. The van der Waals surface area contributed by atoms with Crippen molar-refractivity contribution in [3.05, 3.63) is 12.7 Å². The number of carboxylic acids is 1. The van der Waals surface area contributed by atoms with E-state index in [0.717, 1.165) is 0 Å². The van der Waals surface area contributed by atoms with Gasteiger partial charge in [-0.25, -0.2) is 0 Å². The maximum absolute atomic E-state index is 11.0. The summed E-state index contributed by atoms with van der Waals surface area (Å²) in [5, 5.41) is 11.6. The quantitative estimate of drug-likeness (QED) is 0.706. The lowest BCUT2D eigenvalue weighted by Gasteiger charge is -2.34. The molecular formula is C12H19NO4. The van der Waals surface area contributed by atoms with Crippen LogP contribution < -0.4 is 5.32 Å². The lowest BCUT2D eigenvalue weighted by molar-refractivity contribution is -0.143. The second kappa shape index (κ2) is 6.39. The van der Waals surface area contributed by atoms with E-state index in [2.05, 4.69) is 11.9 Å². The highest BCUT2D eigenvalue weighted by atomic mass is 16.5. The van der Waals surface area contributed by atoms with Gasteiger partial charge in [-0.3, -0.25) is 9.59 Å². The van der Waals surface area contributed by atoms with Crippen molar-refractivity contribution in [2.24, 2.45) is 0 Å². The molecule has 0 aromatic carbocycles. The van der Waals surface area contributed by atoms with Crippen LogP contribution in [0.4, 0.5) is 0 Å². The van der Waals surface area contributed by atoms with Gasteiger partial charge >= 0.3 is 5.97 Å². The van der Waals surface area contributed by atoms with E-state index >= 15 is 0 Å². The normalized spacial score (nSPS) is 28.4. The van der Waals surface area contributed by atoms with Gasteiger partial charge in [-0.2, -0.15) is 0 Å². The molecule has 3 atom stereocenters. The zero-order valence-electron chi connectivity index (χ0n) is 10.0. The topological polar surface area (TPSA) is 75.6 Å². The van der Waals surface area contributed by atoms with Crippen LogP contribution in [0.5, 0.6) is 0 Å². The minimum atomic E-state index is -0.879. The van der Waals surface area contributed by atoms with Crippen LogP contribution in [0.25, 0.3) is 0 Å². The SMILES string of the molecule is C=CC[C@@H]1C[C@@H](NC(C)=O)C[C@H](CC(=O)O)O1. The molecule has 5 heteroatoms. The highest BCUT2D eigenvalue weighted by Crippen LogP contribution is 2.24. The molecule has 1 saturated heterocycles. The number of carboxylic acid groups (broad SMARTS) is 1. The zero-order valence-corrected chi connectivity index (χ0v) is 10.0. The molecule has 0 aliphatic carbocycles. The smallest absolute Gasteiger partial charge is 0.305 e.